The van der Waals surface area contributed by atoms with Crippen molar-refractivity contribution in [3.63, 3.8) is 0 Å². The van der Waals surface area contributed by atoms with E-state index in [4.69, 9.17) is 23.2 Å². The van der Waals surface area contributed by atoms with Crippen LogP contribution in [0.1, 0.15) is 22.0 Å². The van der Waals surface area contributed by atoms with Crippen LogP contribution < -0.4 is 10.2 Å². The minimum absolute atomic E-state index is 0. The highest BCUT2D eigenvalue weighted by Gasteiger charge is 2.21. The van der Waals surface area contributed by atoms with Crippen molar-refractivity contribution in [2.45, 2.75) is 13.8 Å². The fourth-order valence-electron chi connectivity index (χ4n) is 4.17. The second-order valence-corrected chi connectivity index (χ2v) is 8.71. The molecule has 6 nitrogen and oxygen atoms in total. The highest BCUT2D eigenvalue weighted by molar-refractivity contribution is 6.43. The Bertz CT molecular complexity index is 1090. The number of halogens is 3. The summed E-state index contributed by atoms with van der Waals surface area (Å²) in [5, 5.41) is 4.22. The van der Waals surface area contributed by atoms with Gasteiger partial charge in [0.2, 0.25) is 0 Å². The number of hydrogen-bond acceptors (Lipinski definition) is 4. The number of nitrogens with zero attached hydrogens (tertiary/aromatic N) is 4. The Balaban J connectivity index is 0.00000306. The van der Waals surface area contributed by atoms with Crippen LogP contribution >= 0.6 is 35.6 Å². The quantitative estimate of drug-likeness (QED) is 0.521. The van der Waals surface area contributed by atoms with Crippen LogP contribution in [0.3, 0.4) is 0 Å². The summed E-state index contributed by atoms with van der Waals surface area (Å²) in [5.41, 5.74) is 3.31. The van der Waals surface area contributed by atoms with Gasteiger partial charge in [0.25, 0.3) is 5.91 Å². The van der Waals surface area contributed by atoms with Gasteiger partial charge in [-0.2, -0.15) is 0 Å². The van der Waals surface area contributed by atoms with Crippen molar-refractivity contribution < 1.29 is 4.79 Å². The van der Waals surface area contributed by atoms with Crippen molar-refractivity contribution in [1.29, 1.82) is 0 Å². The van der Waals surface area contributed by atoms with E-state index in [0.717, 1.165) is 55.6 Å². The first kappa shape index (κ1) is 25.4. The average Bonchev–Trinajstić information content (AvgIpc) is 3.10. The van der Waals surface area contributed by atoms with Gasteiger partial charge in [0, 0.05) is 45.0 Å². The summed E-state index contributed by atoms with van der Waals surface area (Å²) in [6.45, 7) is 8.76. The molecular weight excluding hydrogens is 481 g/mol. The van der Waals surface area contributed by atoms with E-state index in [2.05, 4.69) is 20.1 Å². The molecule has 1 amide bonds. The molecule has 0 saturated carbocycles. The Hall–Kier alpha value is -2.25. The van der Waals surface area contributed by atoms with E-state index in [9.17, 15) is 4.79 Å². The molecule has 176 valence electrons. The third-order valence-electron chi connectivity index (χ3n) is 5.86. The lowest BCUT2D eigenvalue weighted by Gasteiger charge is -2.36. The SMILES string of the molecule is Cc1nc(C(=O)NCCN2CCN(c3cccc(Cl)c3Cl)CC2)c(C)n1-c1ccccc1.Cl. The first-order valence-electron chi connectivity index (χ1n) is 10.8. The maximum atomic E-state index is 12.8. The van der Waals surface area contributed by atoms with Crippen molar-refractivity contribution in [3.8, 4) is 5.69 Å². The zero-order valence-corrected chi connectivity index (χ0v) is 21.1. The van der Waals surface area contributed by atoms with E-state index in [1.54, 1.807) is 6.07 Å². The number of carbonyl (C=O) groups is 1. The fourth-order valence-corrected chi connectivity index (χ4v) is 4.59. The van der Waals surface area contributed by atoms with Gasteiger partial charge < -0.3 is 14.8 Å². The summed E-state index contributed by atoms with van der Waals surface area (Å²) >= 11 is 12.5. The molecule has 0 spiro atoms. The largest absolute Gasteiger partial charge is 0.368 e. The molecule has 33 heavy (non-hydrogen) atoms. The highest BCUT2D eigenvalue weighted by Crippen LogP contribution is 2.32. The smallest absolute Gasteiger partial charge is 0.271 e. The van der Waals surface area contributed by atoms with Crippen molar-refractivity contribution in [3.05, 3.63) is 75.8 Å². The van der Waals surface area contributed by atoms with Crippen LogP contribution in [0, 0.1) is 13.8 Å². The molecule has 0 unspecified atom stereocenters. The number of para-hydroxylation sites is 1. The Morgan fingerprint density at radius 1 is 1.00 bits per heavy atom. The molecule has 4 rings (SSSR count). The van der Waals surface area contributed by atoms with Crippen LogP contribution in [0.4, 0.5) is 5.69 Å². The predicted molar refractivity (Wildman–Crippen MR) is 138 cm³/mol. The Morgan fingerprint density at radius 2 is 1.70 bits per heavy atom. The lowest BCUT2D eigenvalue weighted by Crippen LogP contribution is -2.48. The zero-order valence-electron chi connectivity index (χ0n) is 18.7. The van der Waals surface area contributed by atoms with Crippen LogP contribution in [-0.4, -0.2) is 59.6 Å². The molecule has 0 bridgehead atoms. The van der Waals surface area contributed by atoms with Crippen molar-refractivity contribution in [2.75, 3.05) is 44.2 Å². The molecule has 1 aliphatic rings. The van der Waals surface area contributed by atoms with Gasteiger partial charge in [0.05, 0.1) is 21.4 Å². The highest BCUT2D eigenvalue weighted by atomic mass is 35.5. The number of piperazine rings is 1. The molecule has 0 atom stereocenters. The number of benzene rings is 2. The van der Waals surface area contributed by atoms with E-state index in [0.29, 0.717) is 22.3 Å². The molecule has 0 radical (unpaired) electrons. The lowest BCUT2D eigenvalue weighted by atomic mass is 10.2. The molecule has 2 aromatic carbocycles. The van der Waals surface area contributed by atoms with Gasteiger partial charge in [-0.05, 0) is 38.1 Å². The summed E-state index contributed by atoms with van der Waals surface area (Å²) in [4.78, 5) is 21.9. The summed E-state index contributed by atoms with van der Waals surface area (Å²) in [5.74, 6) is 0.666. The molecule has 9 heteroatoms. The number of rotatable bonds is 6. The number of carbonyl (C=O) groups excluding carboxylic acids is 1. The van der Waals surface area contributed by atoms with Gasteiger partial charge in [-0.15, -0.1) is 12.4 Å². The number of nitrogens with one attached hydrogen (secondary N) is 1. The normalized spacial score (nSPS) is 14.1. The van der Waals surface area contributed by atoms with E-state index < -0.39 is 0 Å². The van der Waals surface area contributed by atoms with Gasteiger partial charge in [-0.1, -0.05) is 47.5 Å². The molecule has 1 aromatic heterocycles. The van der Waals surface area contributed by atoms with E-state index >= 15 is 0 Å². The molecule has 1 aliphatic heterocycles. The van der Waals surface area contributed by atoms with Gasteiger partial charge in [0.1, 0.15) is 11.5 Å². The molecule has 1 saturated heterocycles. The fraction of sp³-hybridized carbons (Fsp3) is 0.333. The first-order chi connectivity index (χ1) is 15.5. The first-order valence-corrected chi connectivity index (χ1v) is 11.5. The Kier molecular flexibility index (Phi) is 8.65. The molecule has 0 aliphatic carbocycles. The minimum atomic E-state index is -0.135. The Labute approximate surface area is 210 Å². The molecule has 3 aromatic rings. The number of aromatic nitrogens is 2. The number of amides is 1. The summed E-state index contributed by atoms with van der Waals surface area (Å²) in [7, 11) is 0. The second-order valence-electron chi connectivity index (χ2n) is 7.92. The number of imidazole rings is 1. The van der Waals surface area contributed by atoms with E-state index in [1.807, 2.05) is 60.9 Å². The van der Waals surface area contributed by atoms with Crippen molar-refractivity contribution in [1.82, 2.24) is 19.8 Å². The van der Waals surface area contributed by atoms with Crippen LogP contribution in [0.2, 0.25) is 10.0 Å². The number of aryl methyl sites for hydroxylation is 1. The van der Waals surface area contributed by atoms with Crippen LogP contribution in [-0.2, 0) is 0 Å². The number of hydrogen-bond donors (Lipinski definition) is 1. The minimum Gasteiger partial charge on any atom is -0.368 e. The Morgan fingerprint density at radius 3 is 2.39 bits per heavy atom. The van der Waals surface area contributed by atoms with Crippen LogP contribution in [0.25, 0.3) is 5.69 Å². The van der Waals surface area contributed by atoms with Crippen molar-refractivity contribution >= 4 is 47.2 Å². The van der Waals surface area contributed by atoms with Gasteiger partial charge >= 0.3 is 0 Å². The molecule has 2 heterocycles. The number of anilines is 1. The monoisotopic (exact) mass is 507 g/mol. The summed E-state index contributed by atoms with van der Waals surface area (Å²) < 4.78 is 2.01. The molecule has 1 N–H and O–H groups in total. The third-order valence-corrected chi connectivity index (χ3v) is 6.67. The van der Waals surface area contributed by atoms with Gasteiger partial charge in [0.15, 0.2) is 0 Å². The van der Waals surface area contributed by atoms with Gasteiger partial charge in [-0.3, -0.25) is 9.69 Å². The van der Waals surface area contributed by atoms with Gasteiger partial charge in [-0.25, -0.2) is 4.98 Å². The van der Waals surface area contributed by atoms with Crippen LogP contribution in [0.5, 0.6) is 0 Å². The second kappa shape index (κ2) is 11.3. The lowest BCUT2D eigenvalue weighted by molar-refractivity contribution is 0.0942. The summed E-state index contributed by atoms with van der Waals surface area (Å²) in [6, 6.07) is 15.7. The maximum absolute atomic E-state index is 12.8. The van der Waals surface area contributed by atoms with E-state index in [1.165, 1.54) is 0 Å². The van der Waals surface area contributed by atoms with E-state index in [-0.39, 0.29) is 18.3 Å². The molecular formula is C24H28Cl3N5O. The maximum Gasteiger partial charge on any atom is 0.271 e. The van der Waals surface area contributed by atoms with Crippen LogP contribution in [0.15, 0.2) is 48.5 Å². The third kappa shape index (κ3) is 5.64. The predicted octanol–water partition coefficient (Wildman–Crippen LogP) is 4.77. The summed E-state index contributed by atoms with van der Waals surface area (Å²) in [6.07, 6.45) is 0. The topological polar surface area (TPSA) is 53.4 Å². The van der Waals surface area contributed by atoms with Crippen molar-refractivity contribution in [2.24, 2.45) is 0 Å². The zero-order chi connectivity index (χ0) is 22.7. The molecule has 1 fully saturated rings. The average molecular weight is 509 g/mol. The standard InChI is InChI=1S/C24H27Cl2N5O.ClH/c1-17-23(28-18(2)31(17)19-7-4-3-5-8-19)24(32)27-11-12-29-13-15-30(16-14-29)21-10-6-9-20(25)22(21)26;/h3-10H,11-16H2,1-2H3,(H,27,32);1H.